The largest absolute Gasteiger partial charge is 0.508 e. The maximum atomic E-state index is 9.51. The van der Waals surface area contributed by atoms with Crippen molar-refractivity contribution >= 4 is 5.69 Å². The summed E-state index contributed by atoms with van der Waals surface area (Å²) in [5.41, 5.74) is 2.43. The number of phenols is 1. The number of nitrogens with zero attached hydrogens (tertiary/aromatic N) is 2. The number of methoxy groups -OCH3 is 2. The highest BCUT2D eigenvalue weighted by Crippen LogP contribution is 2.25. The standard InChI is InChI=1S/C14H17N3O3/c1-9-6-10(4-5-12(9)18)15-7-11-13(19-2)16-8-17-14(11)20-3/h4-6,8,15,18H,7H2,1-3H3. The van der Waals surface area contributed by atoms with Gasteiger partial charge < -0.3 is 19.9 Å². The number of hydrogen-bond acceptors (Lipinski definition) is 6. The van der Waals surface area contributed by atoms with Gasteiger partial charge in [0.1, 0.15) is 12.1 Å². The zero-order valence-corrected chi connectivity index (χ0v) is 11.7. The molecule has 0 fully saturated rings. The summed E-state index contributed by atoms with van der Waals surface area (Å²) < 4.78 is 10.4. The van der Waals surface area contributed by atoms with Crippen LogP contribution in [0, 0.1) is 6.92 Å². The fourth-order valence-electron chi connectivity index (χ4n) is 1.84. The lowest BCUT2D eigenvalue weighted by molar-refractivity contribution is 0.363. The molecule has 2 aromatic rings. The molecule has 6 nitrogen and oxygen atoms in total. The van der Waals surface area contributed by atoms with Crippen molar-refractivity contribution in [1.82, 2.24) is 9.97 Å². The Hall–Kier alpha value is -2.50. The first-order valence-corrected chi connectivity index (χ1v) is 6.11. The molecule has 0 aliphatic carbocycles. The Morgan fingerprint density at radius 3 is 2.35 bits per heavy atom. The van der Waals surface area contributed by atoms with Gasteiger partial charge in [0, 0.05) is 5.69 Å². The van der Waals surface area contributed by atoms with Gasteiger partial charge in [-0.3, -0.25) is 0 Å². The Morgan fingerprint density at radius 1 is 1.15 bits per heavy atom. The van der Waals surface area contributed by atoms with Gasteiger partial charge in [0.15, 0.2) is 0 Å². The summed E-state index contributed by atoms with van der Waals surface area (Å²) in [4.78, 5) is 8.11. The average Bonchev–Trinajstić information content (AvgIpc) is 2.48. The van der Waals surface area contributed by atoms with Crippen LogP contribution in [0.4, 0.5) is 5.69 Å². The van der Waals surface area contributed by atoms with Gasteiger partial charge in [-0.2, -0.15) is 0 Å². The van der Waals surface area contributed by atoms with Crippen molar-refractivity contribution in [3.63, 3.8) is 0 Å². The smallest absolute Gasteiger partial charge is 0.225 e. The fourth-order valence-corrected chi connectivity index (χ4v) is 1.84. The zero-order valence-electron chi connectivity index (χ0n) is 11.7. The molecule has 20 heavy (non-hydrogen) atoms. The Bertz CT molecular complexity index is 580. The van der Waals surface area contributed by atoms with E-state index in [9.17, 15) is 5.11 Å². The van der Waals surface area contributed by atoms with Crippen molar-refractivity contribution < 1.29 is 14.6 Å². The van der Waals surface area contributed by atoms with Gasteiger partial charge in [-0.05, 0) is 30.7 Å². The van der Waals surface area contributed by atoms with Gasteiger partial charge in [0.25, 0.3) is 0 Å². The molecule has 0 bridgehead atoms. The van der Waals surface area contributed by atoms with Crippen LogP contribution in [-0.4, -0.2) is 29.3 Å². The SMILES string of the molecule is COc1ncnc(OC)c1CNc1ccc(O)c(C)c1. The molecule has 0 spiro atoms. The maximum Gasteiger partial charge on any atom is 0.225 e. The number of benzene rings is 1. The predicted molar refractivity (Wildman–Crippen MR) is 75.3 cm³/mol. The van der Waals surface area contributed by atoms with Crippen molar-refractivity contribution in [3.8, 4) is 17.5 Å². The van der Waals surface area contributed by atoms with E-state index in [-0.39, 0.29) is 5.75 Å². The van der Waals surface area contributed by atoms with Crippen LogP contribution in [-0.2, 0) is 6.54 Å². The van der Waals surface area contributed by atoms with Crippen LogP contribution in [0.1, 0.15) is 11.1 Å². The van der Waals surface area contributed by atoms with Gasteiger partial charge in [0.05, 0.1) is 26.3 Å². The van der Waals surface area contributed by atoms with Crippen molar-refractivity contribution in [2.75, 3.05) is 19.5 Å². The van der Waals surface area contributed by atoms with E-state index in [0.29, 0.717) is 18.3 Å². The number of aryl methyl sites for hydroxylation is 1. The van der Waals surface area contributed by atoms with Crippen molar-refractivity contribution in [3.05, 3.63) is 35.7 Å². The molecule has 6 heteroatoms. The van der Waals surface area contributed by atoms with Crippen LogP contribution in [0.3, 0.4) is 0 Å². The molecule has 1 aromatic heterocycles. The molecule has 0 saturated carbocycles. The molecular weight excluding hydrogens is 258 g/mol. The summed E-state index contributed by atoms with van der Waals surface area (Å²) in [7, 11) is 3.10. The minimum absolute atomic E-state index is 0.272. The van der Waals surface area contributed by atoms with Crippen LogP contribution >= 0.6 is 0 Å². The first kappa shape index (κ1) is 13.9. The van der Waals surface area contributed by atoms with Crippen LogP contribution in [0.15, 0.2) is 24.5 Å². The Balaban J connectivity index is 2.19. The molecule has 1 aromatic carbocycles. The second kappa shape index (κ2) is 6.10. The number of rotatable bonds is 5. The summed E-state index contributed by atoms with van der Waals surface area (Å²) >= 11 is 0. The van der Waals surface area contributed by atoms with E-state index in [1.807, 2.05) is 13.0 Å². The molecule has 2 N–H and O–H groups in total. The second-order valence-corrected chi connectivity index (χ2v) is 4.23. The van der Waals surface area contributed by atoms with Crippen molar-refractivity contribution in [2.45, 2.75) is 13.5 Å². The lowest BCUT2D eigenvalue weighted by Gasteiger charge is -2.12. The van der Waals surface area contributed by atoms with Gasteiger partial charge in [-0.1, -0.05) is 0 Å². The molecule has 0 saturated heterocycles. The number of ether oxygens (including phenoxy) is 2. The van der Waals surface area contributed by atoms with Gasteiger partial charge in [-0.25, -0.2) is 9.97 Å². The van der Waals surface area contributed by atoms with E-state index in [2.05, 4.69) is 15.3 Å². The quantitative estimate of drug-likeness (QED) is 0.814. The summed E-state index contributed by atoms with van der Waals surface area (Å²) in [5, 5.41) is 12.7. The Morgan fingerprint density at radius 2 is 1.80 bits per heavy atom. The Labute approximate surface area is 117 Å². The van der Waals surface area contributed by atoms with E-state index in [4.69, 9.17) is 9.47 Å². The lowest BCUT2D eigenvalue weighted by atomic mass is 10.2. The maximum absolute atomic E-state index is 9.51. The number of phenolic OH excluding ortho intramolecular Hbond substituents is 1. The van der Waals surface area contributed by atoms with Crippen LogP contribution in [0.25, 0.3) is 0 Å². The molecule has 0 aliphatic heterocycles. The third kappa shape index (κ3) is 2.90. The van der Waals surface area contributed by atoms with Crippen LogP contribution in [0.5, 0.6) is 17.5 Å². The van der Waals surface area contributed by atoms with E-state index in [1.54, 1.807) is 26.4 Å². The van der Waals surface area contributed by atoms with Crippen LogP contribution < -0.4 is 14.8 Å². The zero-order chi connectivity index (χ0) is 14.5. The second-order valence-electron chi connectivity index (χ2n) is 4.23. The average molecular weight is 275 g/mol. The van der Waals surface area contributed by atoms with Gasteiger partial charge in [0.2, 0.25) is 11.8 Å². The topological polar surface area (TPSA) is 76.5 Å². The number of aromatic nitrogens is 2. The first-order chi connectivity index (χ1) is 9.65. The number of nitrogens with one attached hydrogen (secondary N) is 1. The minimum atomic E-state index is 0.272. The molecule has 0 radical (unpaired) electrons. The first-order valence-electron chi connectivity index (χ1n) is 6.11. The van der Waals surface area contributed by atoms with Crippen molar-refractivity contribution in [1.29, 1.82) is 0 Å². The third-order valence-electron chi connectivity index (χ3n) is 2.92. The third-order valence-corrected chi connectivity index (χ3v) is 2.92. The number of aromatic hydroxyl groups is 1. The van der Waals surface area contributed by atoms with Gasteiger partial charge >= 0.3 is 0 Å². The molecule has 0 aliphatic rings. The lowest BCUT2D eigenvalue weighted by Crippen LogP contribution is -2.06. The van der Waals surface area contributed by atoms with E-state index < -0.39 is 0 Å². The highest BCUT2D eigenvalue weighted by molar-refractivity contribution is 5.51. The molecule has 0 amide bonds. The van der Waals surface area contributed by atoms with E-state index in [1.165, 1.54) is 6.33 Å². The van der Waals surface area contributed by atoms with E-state index in [0.717, 1.165) is 16.8 Å². The summed E-state index contributed by atoms with van der Waals surface area (Å²) in [5.74, 6) is 1.22. The molecule has 0 unspecified atom stereocenters. The monoisotopic (exact) mass is 275 g/mol. The molecule has 0 atom stereocenters. The normalized spacial score (nSPS) is 10.2. The minimum Gasteiger partial charge on any atom is -0.508 e. The summed E-state index contributed by atoms with van der Waals surface area (Å²) in [6, 6.07) is 5.30. The summed E-state index contributed by atoms with van der Waals surface area (Å²) in [6.45, 7) is 2.30. The van der Waals surface area contributed by atoms with Crippen molar-refractivity contribution in [2.24, 2.45) is 0 Å². The molecular formula is C14H17N3O3. The highest BCUT2D eigenvalue weighted by atomic mass is 16.5. The molecule has 106 valence electrons. The number of hydrogen-bond donors (Lipinski definition) is 2. The van der Waals surface area contributed by atoms with E-state index >= 15 is 0 Å². The molecule has 1 heterocycles. The highest BCUT2D eigenvalue weighted by Gasteiger charge is 2.12. The predicted octanol–water partition coefficient (Wildman–Crippen LogP) is 2.12. The number of anilines is 1. The Kier molecular flexibility index (Phi) is 4.24. The summed E-state index contributed by atoms with van der Waals surface area (Å²) in [6.07, 6.45) is 1.39. The van der Waals surface area contributed by atoms with Crippen LogP contribution in [0.2, 0.25) is 0 Å². The van der Waals surface area contributed by atoms with Gasteiger partial charge in [-0.15, -0.1) is 0 Å². The fraction of sp³-hybridized carbons (Fsp3) is 0.286. The molecule has 2 rings (SSSR count).